The predicted octanol–water partition coefficient (Wildman–Crippen LogP) is 1.11. The molecule has 0 aromatic heterocycles. The summed E-state index contributed by atoms with van der Waals surface area (Å²) in [5.74, 6) is -1.06. The average Bonchev–Trinajstić information content (AvgIpc) is 2.71. The molecule has 5 N–H and O–H groups in total. The number of hydrogen-bond donors (Lipinski definition) is 3. The minimum Gasteiger partial charge on any atom is -0.744 e. The van der Waals surface area contributed by atoms with Crippen molar-refractivity contribution in [2.24, 2.45) is 0 Å². The first kappa shape index (κ1) is 25.9. The molecule has 12 heteroatoms. The van der Waals surface area contributed by atoms with Gasteiger partial charge in [-0.05, 0) is 74.7 Å². The van der Waals surface area contributed by atoms with E-state index < -0.39 is 26.6 Å². The van der Waals surface area contributed by atoms with E-state index in [1.807, 2.05) is 0 Å². The third-order valence-corrected chi connectivity index (χ3v) is 7.33. The maximum atomic E-state index is 13.5. The number of nitrogens with one attached hydrogen (secondary N) is 1. The number of ketones is 2. The Morgan fingerprint density at radius 1 is 0.848 bits per heavy atom. The zero-order valence-electron chi connectivity index (χ0n) is 17.3. The molecule has 0 atom stereocenters. The van der Waals surface area contributed by atoms with Gasteiger partial charge in [0.05, 0.1) is 44.3 Å². The molecular formula is C21H14Br2N3NaO5S. The van der Waals surface area contributed by atoms with Crippen molar-refractivity contribution >= 4 is 76.3 Å². The van der Waals surface area contributed by atoms with Crippen molar-refractivity contribution in [1.82, 2.24) is 0 Å². The second-order valence-corrected chi connectivity index (χ2v) is 10.2. The minimum atomic E-state index is -4.83. The number of aryl methyl sites for hydroxylation is 1. The van der Waals surface area contributed by atoms with E-state index in [9.17, 15) is 22.6 Å². The van der Waals surface area contributed by atoms with Crippen molar-refractivity contribution in [2.75, 3.05) is 16.8 Å². The number of nitrogens with two attached hydrogens (primary N) is 2. The number of benzene rings is 3. The standard InChI is InChI=1S/C21H15Br2N3O5S.Na/c1-8-2-5-12(14(6-8)32(29,30)31)26-13-7-11(23)19(25)17-16(13)21(28)15-9(20(17)27)3-4-10(22)18(15)24;/h2-7,26H,24-25H2,1H3,(H,29,30,31);/q;+1/p-1. The number of hydrogen-bond acceptors (Lipinski definition) is 8. The van der Waals surface area contributed by atoms with Gasteiger partial charge in [-0.1, -0.05) is 6.07 Å². The summed E-state index contributed by atoms with van der Waals surface area (Å²) < 4.78 is 36.2. The zero-order chi connectivity index (χ0) is 23.5. The SMILES string of the molecule is Cc1ccc(Nc2cc(Br)c(N)c3c2C(=O)c2c(ccc(Br)c2N)C3=O)c(S(=O)(=O)[O-])c1.[Na+]. The maximum Gasteiger partial charge on any atom is 1.00 e. The molecule has 0 unspecified atom stereocenters. The summed E-state index contributed by atoms with van der Waals surface area (Å²) in [7, 11) is -4.83. The van der Waals surface area contributed by atoms with Crippen LogP contribution in [-0.2, 0) is 10.1 Å². The number of fused-ring (bicyclic) bond motifs is 2. The van der Waals surface area contributed by atoms with Crippen molar-refractivity contribution in [2.45, 2.75) is 11.8 Å². The van der Waals surface area contributed by atoms with Gasteiger partial charge in [0.1, 0.15) is 10.1 Å². The van der Waals surface area contributed by atoms with Crippen molar-refractivity contribution < 1.29 is 52.1 Å². The summed E-state index contributed by atoms with van der Waals surface area (Å²) in [5, 5.41) is 2.83. The molecule has 1 aliphatic rings. The van der Waals surface area contributed by atoms with E-state index >= 15 is 0 Å². The van der Waals surface area contributed by atoms with Crippen LogP contribution in [0, 0.1) is 6.92 Å². The quantitative estimate of drug-likeness (QED) is 0.179. The smallest absolute Gasteiger partial charge is 0.744 e. The number of carbonyl (C=O) groups excluding carboxylic acids is 2. The Balaban J connectivity index is 0.00000306. The molecule has 164 valence electrons. The summed E-state index contributed by atoms with van der Waals surface area (Å²) in [5.41, 5.74) is 13.0. The minimum absolute atomic E-state index is 0. The Kier molecular flexibility index (Phi) is 7.17. The first-order valence-electron chi connectivity index (χ1n) is 9.04. The van der Waals surface area contributed by atoms with Crippen LogP contribution in [0.15, 0.2) is 50.2 Å². The molecule has 3 aromatic rings. The molecule has 1 aliphatic carbocycles. The van der Waals surface area contributed by atoms with Crippen LogP contribution in [0.5, 0.6) is 0 Å². The van der Waals surface area contributed by atoms with Gasteiger partial charge in [-0.2, -0.15) is 0 Å². The zero-order valence-corrected chi connectivity index (χ0v) is 23.3. The Morgan fingerprint density at radius 3 is 2.12 bits per heavy atom. The summed E-state index contributed by atoms with van der Waals surface area (Å²) in [6, 6.07) is 8.72. The molecular weight excluding hydrogens is 589 g/mol. The molecule has 33 heavy (non-hydrogen) atoms. The summed E-state index contributed by atoms with van der Waals surface area (Å²) >= 11 is 6.54. The summed E-state index contributed by atoms with van der Waals surface area (Å²) in [4.78, 5) is 26.3. The molecule has 0 amide bonds. The first-order chi connectivity index (χ1) is 14.9. The fourth-order valence-electron chi connectivity index (χ4n) is 3.61. The maximum absolute atomic E-state index is 13.5. The van der Waals surface area contributed by atoms with Crippen LogP contribution in [-0.4, -0.2) is 24.5 Å². The fraction of sp³-hybridized carbons (Fsp3) is 0.0476. The van der Waals surface area contributed by atoms with E-state index in [1.54, 1.807) is 19.1 Å². The number of anilines is 4. The molecule has 0 radical (unpaired) electrons. The second-order valence-electron chi connectivity index (χ2n) is 7.19. The van der Waals surface area contributed by atoms with Gasteiger partial charge in [0.25, 0.3) is 0 Å². The van der Waals surface area contributed by atoms with Crippen molar-refractivity contribution in [1.29, 1.82) is 0 Å². The van der Waals surface area contributed by atoms with Gasteiger partial charge in [-0.25, -0.2) is 8.42 Å². The number of carbonyl (C=O) groups is 2. The average molecular weight is 603 g/mol. The largest absolute Gasteiger partial charge is 1.00 e. The van der Waals surface area contributed by atoms with Crippen LogP contribution >= 0.6 is 31.9 Å². The molecule has 4 rings (SSSR count). The third kappa shape index (κ3) is 4.39. The molecule has 0 bridgehead atoms. The Bertz CT molecular complexity index is 1480. The van der Waals surface area contributed by atoms with Crippen LogP contribution in [0.2, 0.25) is 0 Å². The monoisotopic (exact) mass is 601 g/mol. The number of nitrogen functional groups attached to an aromatic ring is 2. The summed E-state index contributed by atoms with van der Waals surface area (Å²) in [6.45, 7) is 1.64. The van der Waals surface area contributed by atoms with E-state index in [-0.39, 0.29) is 74.6 Å². The van der Waals surface area contributed by atoms with E-state index in [1.165, 1.54) is 24.3 Å². The molecule has 0 saturated heterocycles. The predicted molar refractivity (Wildman–Crippen MR) is 126 cm³/mol. The van der Waals surface area contributed by atoms with E-state index in [4.69, 9.17) is 11.5 Å². The van der Waals surface area contributed by atoms with Gasteiger partial charge in [0.15, 0.2) is 11.6 Å². The third-order valence-electron chi connectivity index (χ3n) is 5.11. The summed E-state index contributed by atoms with van der Waals surface area (Å²) in [6.07, 6.45) is 0. The van der Waals surface area contributed by atoms with Crippen molar-refractivity contribution in [3.05, 3.63) is 73.2 Å². The molecule has 0 spiro atoms. The second kappa shape index (κ2) is 9.14. The normalized spacial score (nSPS) is 12.6. The topological polar surface area (TPSA) is 155 Å². The molecule has 0 heterocycles. The molecule has 3 aromatic carbocycles. The fourth-order valence-corrected chi connectivity index (χ4v) is 5.08. The van der Waals surface area contributed by atoms with Gasteiger partial charge in [0, 0.05) is 14.5 Å². The van der Waals surface area contributed by atoms with Crippen LogP contribution in [0.25, 0.3) is 0 Å². The van der Waals surface area contributed by atoms with Crippen molar-refractivity contribution in [3.63, 3.8) is 0 Å². The molecule has 0 fully saturated rings. The van der Waals surface area contributed by atoms with E-state index in [2.05, 4.69) is 37.2 Å². The van der Waals surface area contributed by atoms with Crippen LogP contribution in [0.1, 0.15) is 37.4 Å². The van der Waals surface area contributed by atoms with Crippen LogP contribution in [0.3, 0.4) is 0 Å². The van der Waals surface area contributed by atoms with Crippen molar-refractivity contribution in [3.8, 4) is 0 Å². The molecule has 0 saturated carbocycles. The van der Waals surface area contributed by atoms with Crippen LogP contribution < -0.4 is 46.3 Å². The Labute approximate surface area is 228 Å². The van der Waals surface area contributed by atoms with E-state index in [0.29, 0.717) is 14.5 Å². The van der Waals surface area contributed by atoms with Gasteiger partial charge in [0.2, 0.25) is 0 Å². The van der Waals surface area contributed by atoms with Crippen LogP contribution in [0.4, 0.5) is 22.7 Å². The Hall–Kier alpha value is -1.73. The molecule has 0 aliphatic heterocycles. The van der Waals surface area contributed by atoms with Gasteiger partial charge in [-0.3, -0.25) is 9.59 Å². The van der Waals surface area contributed by atoms with Gasteiger partial charge < -0.3 is 21.3 Å². The Morgan fingerprint density at radius 2 is 1.48 bits per heavy atom. The molecule has 8 nitrogen and oxygen atoms in total. The van der Waals surface area contributed by atoms with Gasteiger partial charge in [-0.15, -0.1) is 0 Å². The number of rotatable bonds is 3. The van der Waals surface area contributed by atoms with E-state index in [0.717, 1.165) is 0 Å². The number of halogens is 2. The first-order valence-corrected chi connectivity index (χ1v) is 12.0. The van der Waals surface area contributed by atoms with Gasteiger partial charge >= 0.3 is 29.6 Å².